The minimum Gasteiger partial charge on any atom is -0.386 e. The van der Waals surface area contributed by atoms with E-state index in [9.17, 15) is 9.50 Å². The maximum atomic E-state index is 13.0. The van der Waals surface area contributed by atoms with Crippen molar-refractivity contribution in [3.8, 4) is 0 Å². The predicted molar refractivity (Wildman–Crippen MR) is 82.8 cm³/mol. The molecule has 3 nitrogen and oxygen atoms in total. The first kappa shape index (κ1) is 15.2. The van der Waals surface area contributed by atoms with E-state index in [4.69, 9.17) is 4.74 Å². The summed E-state index contributed by atoms with van der Waals surface area (Å²) in [6.45, 7) is 2.95. The van der Waals surface area contributed by atoms with Gasteiger partial charge in [-0.3, -0.25) is 4.90 Å². The van der Waals surface area contributed by atoms with Crippen molar-refractivity contribution in [1.29, 1.82) is 0 Å². The lowest BCUT2D eigenvalue weighted by molar-refractivity contribution is -0.0919. The van der Waals surface area contributed by atoms with E-state index in [2.05, 4.69) is 17.0 Å². The second-order valence-electron chi connectivity index (χ2n) is 5.63. The highest BCUT2D eigenvalue weighted by Crippen LogP contribution is 2.23. The lowest BCUT2D eigenvalue weighted by atomic mass is 10.0. The molecule has 2 aromatic rings. The second-order valence-corrected chi connectivity index (χ2v) is 5.63. The van der Waals surface area contributed by atoms with E-state index in [0.29, 0.717) is 18.7 Å². The maximum Gasteiger partial charge on any atom is 0.123 e. The molecule has 0 amide bonds. The van der Waals surface area contributed by atoms with Crippen LogP contribution in [0.5, 0.6) is 0 Å². The Hall–Kier alpha value is -1.75. The van der Waals surface area contributed by atoms with E-state index in [-0.39, 0.29) is 11.9 Å². The Balaban J connectivity index is 1.63. The van der Waals surface area contributed by atoms with Gasteiger partial charge in [-0.1, -0.05) is 42.5 Å². The molecule has 1 aliphatic heterocycles. The molecule has 2 aromatic carbocycles. The fourth-order valence-electron chi connectivity index (χ4n) is 2.78. The highest BCUT2D eigenvalue weighted by Gasteiger charge is 2.27. The zero-order valence-electron chi connectivity index (χ0n) is 12.4. The number of morpholine rings is 1. The number of halogens is 1. The fourth-order valence-corrected chi connectivity index (χ4v) is 2.78. The third-order valence-electron chi connectivity index (χ3n) is 3.99. The molecule has 0 unspecified atom stereocenters. The van der Waals surface area contributed by atoms with Crippen molar-refractivity contribution < 1.29 is 14.2 Å². The molecule has 1 fully saturated rings. The molecule has 0 bridgehead atoms. The molecule has 1 aliphatic rings. The van der Waals surface area contributed by atoms with E-state index >= 15 is 0 Å². The molecule has 4 heteroatoms. The van der Waals surface area contributed by atoms with Gasteiger partial charge in [-0.05, 0) is 23.3 Å². The molecule has 0 spiro atoms. The number of aliphatic hydroxyl groups is 1. The van der Waals surface area contributed by atoms with E-state index in [0.717, 1.165) is 13.1 Å². The molecule has 22 heavy (non-hydrogen) atoms. The van der Waals surface area contributed by atoms with E-state index in [1.165, 1.54) is 17.7 Å². The Kier molecular flexibility index (Phi) is 4.83. The Morgan fingerprint density at radius 2 is 1.86 bits per heavy atom. The van der Waals surface area contributed by atoms with Gasteiger partial charge >= 0.3 is 0 Å². The van der Waals surface area contributed by atoms with Crippen LogP contribution < -0.4 is 0 Å². The largest absolute Gasteiger partial charge is 0.386 e. The van der Waals surface area contributed by atoms with Crippen LogP contribution in [-0.4, -0.2) is 35.8 Å². The number of ether oxygens (including phenoxy) is 1. The van der Waals surface area contributed by atoms with Gasteiger partial charge in [0, 0.05) is 19.6 Å². The first-order valence-corrected chi connectivity index (χ1v) is 7.54. The van der Waals surface area contributed by atoms with Crippen LogP contribution in [0.25, 0.3) is 0 Å². The first-order valence-electron chi connectivity index (χ1n) is 7.54. The van der Waals surface area contributed by atoms with Gasteiger partial charge in [-0.15, -0.1) is 0 Å². The minimum atomic E-state index is -0.737. The SMILES string of the molecule is O[C@H](c1ccc(F)cc1)[C@H]1CN(Cc2ccccc2)CCO1. The Bertz CT molecular complexity index is 588. The zero-order valence-corrected chi connectivity index (χ0v) is 12.4. The fraction of sp³-hybridized carbons (Fsp3) is 0.333. The van der Waals surface area contributed by atoms with Gasteiger partial charge in [0.05, 0.1) is 6.61 Å². The molecule has 0 aromatic heterocycles. The number of rotatable bonds is 4. The highest BCUT2D eigenvalue weighted by atomic mass is 19.1. The van der Waals surface area contributed by atoms with Crippen LogP contribution in [0.4, 0.5) is 4.39 Å². The van der Waals surface area contributed by atoms with E-state index in [1.807, 2.05) is 18.2 Å². The number of benzene rings is 2. The van der Waals surface area contributed by atoms with Crippen LogP contribution in [0.2, 0.25) is 0 Å². The minimum absolute atomic E-state index is 0.289. The van der Waals surface area contributed by atoms with Crippen LogP contribution in [0.3, 0.4) is 0 Å². The monoisotopic (exact) mass is 301 g/mol. The molecule has 0 aliphatic carbocycles. The maximum absolute atomic E-state index is 13.0. The summed E-state index contributed by atoms with van der Waals surface area (Å²) >= 11 is 0. The number of hydrogen-bond acceptors (Lipinski definition) is 3. The summed E-state index contributed by atoms with van der Waals surface area (Å²) in [4.78, 5) is 2.27. The van der Waals surface area contributed by atoms with Gasteiger partial charge in [-0.25, -0.2) is 4.39 Å². The van der Waals surface area contributed by atoms with Gasteiger partial charge in [0.25, 0.3) is 0 Å². The van der Waals surface area contributed by atoms with Crippen molar-refractivity contribution in [3.63, 3.8) is 0 Å². The molecule has 1 N–H and O–H groups in total. The van der Waals surface area contributed by atoms with Crippen molar-refractivity contribution >= 4 is 0 Å². The van der Waals surface area contributed by atoms with Crippen LogP contribution in [0.15, 0.2) is 54.6 Å². The topological polar surface area (TPSA) is 32.7 Å². The third kappa shape index (κ3) is 3.71. The van der Waals surface area contributed by atoms with Crippen molar-refractivity contribution in [2.24, 2.45) is 0 Å². The van der Waals surface area contributed by atoms with Gasteiger partial charge in [0.2, 0.25) is 0 Å². The van der Waals surface area contributed by atoms with E-state index < -0.39 is 6.10 Å². The third-order valence-corrected chi connectivity index (χ3v) is 3.99. The van der Waals surface area contributed by atoms with Gasteiger partial charge in [0.1, 0.15) is 18.0 Å². The molecule has 1 saturated heterocycles. The molecule has 116 valence electrons. The summed E-state index contributed by atoms with van der Waals surface area (Å²) in [5.41, 5.74) is 1.94. The number of nitrogens with zero attached hydrogens (tertiary/aromatic N) is 1. The summed E-state index contributed by atoms with van der Waals surface area (Å²) in [6, 6.07) is 16.2. The molecule has 2 atom stereocenters. The average molecular weight is 301 g/mol. The quantitative estimate of drug-likeness (QED) is 0.942. The van der Waals surface area contributed by atoms with Crippen LogP contribution in [-0.2, 0) is 11.3 Å². The van der Waals surface area contributed by atoms with Crippen LogP contribution >= 0.6 is 0 Å². The summed E-state index contributed by atoms with van der Waals surface area (Å²) in [6.07, 6.45) is -1.03. The van der Waals surface area contributed by atoms with Crippen LogP contribution in [0, 0.1) is 5.82 Å². The standard InChI is InChI=1S/C18H20FNO2/c19-16-8-6-15(7-9-16)18(21)17-13-20(10-11-22-17)12-14-4-2-1-3-5-14/h1-9,17-18,21H,10-13H2/t17-,18-/m1/s1. The van der Waals surface area contributed by atoms with Crippen molar-refractivity contribution in [2.75, 3.05) is 19.7 Å². The molecule has 1 heterocycles. The zero-order chi connectivity index (χ0) is 15.4. The smallest absolute Gasteiger partial charge is 0.123 e. The second kappa shape index (κ2) is 7.01. The first-order chi connectivity index (χ1) is 10.7. The summed E-state index contributed by atoms with van der Waals surface area (Å²) < 4.78 is 18.7. The van der Waals surface area contributed by atoms with Gasteiger partial charge < -0.3 is 9.84 Å². The lowest BCUT2D eigenvalue weighted by Crippen LogP contribution is -2.44. The van der Waals surface area contributed by atoms with Gasteiger partial charge in [-0.2, -0.15) is 0 Å². The summed E-state index contributed by atoms with van der Waals surface area (Å²) in [7, 11) is 0. The van der Waals surface area contributed by atoms with Gasteiger partial charge in [0.15, 0.2) is 0 Å². The lowest BCUT2D eigenvalue weighted by Gasteiger charge is -2.35. The Labute approximate surface area is 130 Å². The summed E-state index contributed by atoms with van der Waals surface area (Å²) in [5.74, 6) is -0.300. The molecule has 3 rings (SSSR count). The molecule has 0 radical (unpaired) electrons. The van der Waals surface area contributed by atoms with Crippen molar-refractivity contribution in [3.05, 3.63) is 71.5 Å². The van der Waals surface area contributed by atoms with Crippen molar-refractivity contribution in [1.82, 2.24) is 4.90 Å². The molecular weight excluding hydrogens is 281 g/mol. The number of hydrogen-bond donors (Lipinski definition) is 1. The summed E-state index contributed by atoms with van der Waals surface area (Å²) in [5, 5.41) is 10.4. The Morgan fingerprint density at radius 3 is 2.59 bits per heavy atom. The van der Waals surface area contributed by atoms with E-state index in [1.54, 1.807) is 12.1 Å². The number of aliphatic hydroxyl groups excluding tert-OH is 1. The predicted octanol–water partition coefficient (Wildman–Crippen LogP) is 2.76. The normalized spacial score (nSPS) is 20.7. The average Bonchev–Trinajstić information content (AvgIpc) is 2.56. The molecule has 0 saturated carbocycles. The van der Waals surface area contributed by atoms with Crippen LogP contribution in [0.1, 0.15) is 17.2 Å². The van der Waals surface area contributed by atoms with Crippen molar-refractivity contribution in [2.45, 2.75) is 18.8 Å². The highest BCUT2D eigenvalue weighted by molar-refractivity contribution is 5.20. The molecular formula is C18H20FNO2. The Morgan fingerprint density at radius 1 is 1.14 bits per heavy atom.